The lowest BCUT2D eigenvalue weighted by molar-refractivity contribution is 0.466. The number of sulfonamides is 1. The highest BCUT2D eigenvalue weighted by Crippen LogP contribution is 2.40. The maximum absolute atomic E-state index is 14.9. The van der Waals surface area contributed by atoms with Crippen molar-refractivity contribution in [2.45, 2.75) is 38.6 Å². The smallest absolute Gasteiger partial charge is 0.233 e. The van der Waals surface area contributed by atoms with Crippen molar-refractivity contribution >= 4 is 44.8 Å². The molecule has 216 valence electrons. The minimum Gasteiger partial charge on any atom is -0.437 e. The lowest BCUT2D eigenvalue weighted by atomic mass is 10.0. The number of benzene rings is 2. The summed E-state index contributed by atoms with van der Waals surface area (Å²) in [5, 5.41) is 7.76. The maximum atomic E-state index is 14.9. The molecule has 4 aromatic rings. The zero-order valence-electron chi connectivity index (χ0n) is 22.6. The van der Waals surface area contributed by atoms with E-state index in [9.17, 15) is 12.8 Å². The third-order valence-electron chi connectivity index (χ3n) is 7.24. The van der Waals surface area contributed by atoms with Gasteiger partial charge in [0.25, 0.3) is 0 Å². The standard InChI is InChI=1S/C29H31FN6O3S.ClH/c1-18-6-9-21-22(10-11-24(30)26(21)36-40(37,38)17-19-7-8-19)27(18)39-28-23(5-3-14-32-28)25-12-15-33-29(35-25)34-20-4-2-13-31-16-20;/h3,5-6,9-12,14-15,19-20,31,36H,2,4,7-8,13,16-17H2,1H3,(H,33,34,35);1H/t20-;/m0./s1. The van der Waals surface area contributed by atoms with Crippen LogP contribution < -0.4 is 20.1 Å². The van der Waals surface area contributed by atoms with Crippen LogP contribution >= 0.6 is 12.4 Å². The highest BCUT2D eigenvalue weighted by Gasteiger charge is 2.29. The molecular formula is C29H32ClFN6O3S. The number of pyridine rings is 1. The largest absolute Gasteiger partial charge is 0.437 e. The number of nitrogens with zero attached hydrogens (tertiary/aromatic N) is 3. The normalized spacial score (nSPS) is 17.1. The molecule has 12 heteroatoms. The molecule has 1 aliphatic heterocycles. The summed E-state index contributed by atoms with van der Waals surface area (Å²) in [6.07, 6.45) is 7.22. The first-order valence-electron chi connectivity index (χ1n) is 13.5. The van der Waals surface area contributed by atoms with E-state index in [0.717, 1.165) is 44.3 Å². The van der Waals surface area contributed by atoms with Crippen LogP contribution in [-0.2, 0) is 10.0 Å². The third-order valence-corrected chi connectivity index (χ3v) is 8.66. The van der Waals surface area contributed by atoms with Gasteiger partial charge in [0.15, 0.2) is 0 Å². The molecule has 1 saturated heterocycles. The summed E-state index contributed by atoms with van der Waals surface area (Å²) in [6.45, 7) is 3.75. The molecule has 1 aliphatic carbocycles. The number of hydrogen-bond acceptors (Lipinski definition) is 8. The summed E-state index contributed by atoms with van der Waals surface area (Å²) in [5.41, 5.74) is 2.02. The van der Waals surface area contributed by atoms with Crippen molar-refractivity contribution in [2.75, 3.05) is 28.9 Å². The van der Waals surface area contributed by atoms with Gasteiger partial charge in [0, 0.05) is 35.8 Å². The van der Waals surface area contributed by atoms with Crippen LogP contribution in [0.5, 0.6) is 11.6 Å². The van der Waals surface area contributed by atoms with Crippen LogP contribution in [0.15, 0.2) is 54.9 Å². The predicted molar refractivity (Wildman–Crippen MR) is 161 cm³/mol. The molecule has 1 saturated carbocycles. The quantitative estimate of drug-likeness (QED) is 0.226. The van der Waals surface area contributed by atoms with Crippen molar-refractivity contribution in [3.05, 3.63) is 66.2 Å². The number of nitrogens with one attached hydrogen (secondary N) is 3. The van der Waals surface area contributed by atoms with E-state index in [2.05, 4.69) is 25.3 Å². The van der Waals surface area contributed by atoms with Crippen LogP contribution in [0.25, 0.3) is 22.0 Å². The number of aromatic nitrogens is 3. The van der Waals surface area contributed by atoms with Gasteiger partial charge in [0.1, 0.15) is 11.6 Å². The summed E-state index contributed by atoms with van der Waals surface area (Å²) in [4.78, 5) is 13.6. The molecule has 41 heavy (non-hydrogen) atoms. The Hall–Kier alpha value is -3.54. The van der Waals surface area contributed by atoms with E-state index in [1.807, 2.05) is 13.0 Å². The van der Waals surface area contributed by atoms with E-state index in [4.69, 9.17) is 9.72 Å². The number of fused-ring (bicyclic) bond motifs is 1. The Bertz CT molecular complexity index is 1660. The Labute approximate surface area is 244 Å². The van der Waals surface area contributed by atoms with E-state index in [0.29, 0.717) is 39.6 Å². The van der Waals surface area contributed by atoms with Crippen molar-refractivity contribution in [2.24, 2.45) is 5.92 Å². The first-order valence-corrected chi connectivity index (χ1v) is 15.2. The van der Waals surface area contributed by atoms with Crippen molar-refractivity contribution in [3.8, 4) is 22.9 Å². The number of aryl methyl sites for hydroxylation is 1. The van der Waals surface area contributed by atoms with Crippen LogP contribution in [0.2, 0.25) is 0 Å². The highest BCUT2D eigenvalue weighted by atomic mass is 35.5. The highest BCUT2D eigenvalue weighted by molar-refractivity contribution is 7.92. The van der Waals surface area contributed by atoms with E-state index >= 15 is 0 Å². The molecule has 0 bridgehead atoms. The summed E-state index contributed by atoms with van der Waals surface area (Å²) in [6, 6.07) is 12.1. The van der Waals surface area contributed by atoms with E-state index in [1.54, 1.807) is 42.7 Å². The van der Waals surface area contributed by atoms with Gasteiger partial charge in [-0.3, -0.25) is 4.72 Å². The lowest BCUT2D eigenvalue weighted by Crippen LogP contribution is -2.38. The van der Waals surface area contributed by atoms with Crippen LogP contribution in [0.4, 0.5) is 16.0 Å². The summed E-state index contributed by atoms with van der Waals surface area (Å²) in [5.74, 6) is 0.789. The van der Waals surface area contributed by atoms with Gasteiger partial charge >= 0.3 is 0 Å². The van der Waals surface area contributed by atoms with Gasteiger partial charge < -0.3 is 15.4 Å². The van der Waals surface area contributed by atoms with Gasteiger partial charge in [0.05, 0.1) is 22.7 Å². The average molecular weight is 599 g/mol. The second-order valence-corrected chi connectivity index (χ2v) is 12.2. The minimum atomic E-state index is -3.69. The molecule has 2 aromatic heterocycles. The maximum Gasteiger partial charge on any atom is 0.233 e. The minimum absolute atomic E-state index is 0. The molecular weight excluding hydrogens is 567 g/mol. The molecule has 1 atom stereocenters. The van der Waals surface area contributed by atoms with Gasteiger partial charge in [0.2, 0.25) is 21.9 Å². The van der Waals surface area contributed by atoms with Crippen molar-refractivity contribution < 1.29 is 17.5 Å². The number of ether oxygens (including phenoxy) is 1. The van der Waals surface area contributed by atoms with Gasteiger partial charge in [-0.05, 0) is 81.0 Å². The van der Waals surface area contributed by atoms with Gasteiger partial charge in [-0.15, -0.1) is 12.4 Å². The Balaban J connectivity index is 0.00000337. The zero-order valence-corrected chi connectivity index (χ0v) is 24.2. The van der Waals surface area contributed by atoms with Crippen molar-refractivity contribution in [1.82, 2.24) is 20.3 Å². The molecule has 9 nitrogen and oxygen atoms in total. The summed E-state index contributed by atoms with van der Waals surface area (Å²) >= 11 is 0. The molecule has 0 amide bonds. The SMILES string of the molecule is Cc1ccc2c(NS(=O)(=O)CC3CC3)c(F)ccc2c1Oc1ncccc1-c1ccnc(N[C@H]2CCCNC2)n1.Cl. The number of halogens is 2. The first kappa shape index (κ1) is 29.0. The fraction of sp³-hybridized carbons (Fsp3) is 0.345. The molecule has 3 heterocycles. The van der Waals surface area contributed by atoms with Crippen molar-refractivity contribution in [1.29, 1.82) is 0 Å². The van der Waals surface area contributed by atoms with E-state index < -0.39 is 15.8 Å². The van der Waals surface area contributed by atoms with Gasteiger partial charge in [-0.25, -0.2) is 27.8 Å². The van der Waals surface area contributed by atoms with E-state index in [-0.39, 0.29) is 35.8 Å². The Morgan fingerprint density at radius 1 is 1.05 bits per heavy atom. The molecule has 6 rings (SSSR count). The molecule has 2 fully saturated rings. The third kappa shape index (κ3) is 6.69. The van der Waals surface area contributed by atoms with Gasteiger partial charge in [-0.1, -0.05) is 12.1 Å². The van der Waals surface area contributed by atoms with Gasteiger partial charge in [-0.2, -0.15) is 0 Å². The molecule has 0 spiro atoms. The number of piperidine rings is 1. The molecule has 3 N–H and O–H groups in total. The fourth-order valence-electron chi connectivity index (χ4n) is 4.99. The topological polar surface area (TPSA) is 118 Å². The van der Waals surface area contributed by atoms with Crippen LogP contribution in [0.3, 0.4) is 0 Å². The second-order valence-electron chi connectivity index (χ2n) is 10.5. The fourth-order valence-corrected chi connectivity index (χ4v) is 6.55. The van der Waals surface area contributed by atoms with Crippen LogP contribution in [-0.4, -0.2) is 48.3 Å². The predicted octanol–water partition coefficient (Wildman–Crippen LogP) is 5.67. The Kier molecular flexibility index (Phi) is 8.58. The lowest BCUT2D eigenvalue weighted by Gasteiger charge is -2.23. The van der Waals surface area contributed by atoms with Crippen molar-refractivity contribution in [3.63, 3.8) is 0 Å². The Morgan fingerprint density at radius 3 is 2.66 bits per heavy atom. The number of anilines is 2. The number of rotatable bonds is 9. The average Bonchev–Trinajstić information content (AvgIpc) is 3.76. The summed E-state index contributed by atoms with van der Waals surface area (Å²) in [7, 11) is -3.69. The molecule has 0 unspecified atom stereocenters. The molecule has 2 aromatic carbocycles. The second kappa shape index (κ2) is 12.1. The monoisotopic (exact) mass is 598 g/mol. The van der Waals surface area contributed by atoms with E-state index in [1.165, 1.54) is 6.07 Å². The van der Waals surface area contributed by atoms with Crippen LogP contribution in [0.1, 0.15) is 31.2 Å². The Morgan fingerprint density at radius 2 is 1.88 bits per heavy atom. The molecule has 0 radical (unpaired) electrons. The molecule has 2 aliphatic rings. The first-order chi connectivity index (χ1) is 19.4. The summed E-state index contributed by atoms with van der Waals surface area (Å²) < 4.78 is 49.2. The van der Waals surface area contributed by atoms with Crippen LogP contribution in [0, 0.1) is 18.7 Å². The zero-order chi connectivity index (χ0) is 27.7. The number of hydrogen-bond donors (Lipinski definition) is 3.